The maximum atomic E-state index is 13.4. The van der Waals surface area contributed by atoms with Gasteiger partial charge in [-0.3, -0.25) is 14.9 Å². The van der Waals surface area contributed by atoms with E-state index in [1.807, 2.05) is 38.1 Å². The monoisotopic (exact) mass is 521 g/mol. The molecule has 2 atom stereocenters. The van der Waals surface area contributed by atoms with Crippen molar-refractivity contribution < 1.29 is 18.4 Å². The highest BCUT2D eigenvalue weighted by Gasteiger charge is 2.22. The molecule has 1 heterocycles. The molecule has 0 aliphatic rings. The zero-order valence-electron chi connectivity index (χ0n) is 19.3. The number of aromatic nitrogens is 2. The first-order valence-electron chi connectivity index (χ1n) is 11.1. The number of nitrogens with zero attached hydrogens (tertiary/aromatic N) is 2. The van der Waals surface area contributed by atoms with E-state index in [9.17, 15) is 18.4 Å². The topological polar surface area (TPSA) is 96.0 Å². The zero-order valence-corrected chi connectivity index (χ0v) is 20.9. The van der Waals surface area contributed by atoms with Crippen LogP contribution in [0.2, 0.25) is 5.02 Å². The van der Waals surface area contributed by atoms with Gasteiger partial charge >= 0.3 is 0 Å². The molecular formula is C24H26ClF2N5O2S. The van der Waals surface area contributed by atoms with Crippen LogP contribution in [0.15, 0.2) is 42.5 Å². The Balaban J connectivity index is 1.55. The van der Waals surface area contributed by atoms with E-state index in [1.54, 1.807) is 0 Å². The van der Waals surface area contributed by atoms with Crippen LogP contribution in [-0.2, 0) is 22.6 Å². The minimum atomic E-state index is -0.823. The van der Waals surface area contributed by atoms with E-state index in [0.29, 0.717) is 34.5 Å². The van der Waals surface area contributed by atoms with Crippen molar-refractivity contribution in [3.8, 4) is 0 Å². The zero-order chi connectivity index (χ0) is 25.4. The Bertz CT molecular complexity index is 1160. The van der Waals surface area contributed by atoms with E-state index in [-0.39, 0.29) is 18.0 Å². The first-order chi connectivity index (χ1) is 16.7. The third-order valence-electron chi connectivity index (χ3n) is 5.06. The number of carbonyl (C=O) groups excluding carboxylic acids is 2. The van der Waals surface area contributed by atoms with Gasteiger partial charge in [-0.15, -0.1) is 10.2 Å². The SMILES string of the molecule is CCCC(NC(=O)Cc1cc(F)cc(F)c1)C(=O)Nc1nnc(C(C)NCc2cccc(Cl)c2)s1. The molecule has 3 N–H and O–H groups in total. The molecule has 0 saturated carbocycles. The fourth-order valence-corrected chi connectivity index (χ4v) is 4.35. The molecule has 3 aromatic rings. The summed E-state index contributed by atoms with van der Waals surface area (Å²) in [6.45, 7) is 4.40. The summed E-state index contributed by atoms with van der Waals surface area (Å²) < 4.78 is 26.8. The fourth-order valence-electron chi connectivity index (χ4n) is 3.36. The van der Waals surface area contributed by atoms with Gasteiger partial charge in [0.1, 0.15) is 22.7 Å². The molecule has 1 aromatic heterocycles. The van der Waals surface area contributed by atoms with Crippen molar-refractivity contribution in [1.82, 2.24) is 20.8 Å². The molecule has 35 heavy (non-hydrogen) atoms. The Labute approximate surface area is 211 Å². The maximum Gasteiger partial charge on any atom is 0.248 e. The van der Waals surface area contributed by atoms with Crippen molar-refractivity contribution >= 4 is 39.9 Å². The molecule has 0 aliphatic heterocycles. The molecule has 3 rings (SSSR count). The second-order valence-corrected chi connectivity index (χ2v) is 9.48. The summed E-state index contributed by atoms with van der Waals surface area (Å²) in [5.74, 6) is -2.48. The molecule has 2 amide bonds. The third kappa shape index (κ3) is 8.34. The molecule has 11 heteroatoms. The molecule has 0 radical (unpaired) electrons. The number of hydrogen-bond donors (Lipinski definition) is 3. The smallest absolute Gasteiger partial charge is 0.248 e. The normalized spacial score (nSPS) is 12.7. The number of carbonyl (C=O) groups is 2. The Morgan fingerprint density at radius 2 is 1.83 bits per heavy atom. The van der Waals surface area contributed by atoms with Gasteiger partial charge in [-0.25, -0.2) is 8.78 Å². The summed E-state index contributed by atoms with van der Waals surface area (Å²) in [6.07, 6.45) is 0.776. The minimum Gasteiger partial charge on any atom is -0.344 e. The van der Waals surface area contributed by atoms with Gasteiger partial charge in [0.15, 0.2) is 0 Å². The van der Waals surface area contributed by atoms with Crippen molar-refractivity contribution in [3.05, 3.63) is 75.3 Å². The summed E-state index contributed by atoms with van der Waals surface area (Å²) in [4.78, 5) is 25.2. The predicted molar refractivity (Wildman–Crippen MR) is 132 cm³/mol. The molecule has 7 nitrogen and oxygen atoms in total. The van der Waals surface area contributed by atoms with E-state index in [4.69, 9.17) is 11.6 Å². The Kier molecular flexibility index (Phi) is 9.64. The van der Waals surface area contributed by atoms with Gasteiger partial charge in [0.25, 0.3) is 0 Å². The van der Waals surface area contributed by atoms with Gasteiger partial charge in [-0.2, -0.15) is 0 Å². The van der Waals surface area contributed by atoms with Crippen molar-refractivity contribution in [2.24, 2.45) is 0 Å². The number of rotatable bonds is 11. The van der Waals surface area contributed by atoms with Gasteiger partial charge < -0.3 is 10.6 Å². The number of hydrogen-bond acceptors (Lipinski definition) is 6. The van der Waals surface area contributed by atoms with Gasteiger partial charge in [-0.05, 0) is 48.7 Å². The number of amides is 2. The molecule has 0 fully saturated rings. The number of nitrogens with one attached hydrogen (secondary N) is 3. The minimum absolute atomic E-state index is 0.116. The van der Waals surface area contributed by atoms with Crippen LogP contribution < -0.4 is 16.0 Å². The molecule has 0 spiro atoms. The number of anilines is 1. The molecule has 2 unspecified atom stereocenters. The Morgan fingerprint density at radius 1 is 1.09 bits per heavy atom. The fraction of sp³-hybridized carbons (Fsp3) is 0.333. The molecule has 2 aromatic carbocycles. The highest BCUT2D eigenvalue weighted by Crippen LogP contribution is 2.22. The molecule has 0 aliphatic carbocycles. The Hall–Kier alpha value is -2.95. The average Bonchev–Trinajstić information content (AvgIpc) is 3.25. The lowest BCUT2D eigenvalue weighted by molar-refractivity contribution is -0.126. The molecule has 186 valence electrons. The van der Waals surface area contributed by atoms with E-state index in [2.05, 4.69) is 26.1 Å². The molecule has 0 bridgehead atoms. The first-order valence-corrected chi connectivity index (χ1v) is 12.3. The lowest BCUT2D eigenvalue weighted by Crippen LogP contribution is -2.44. The van der Waals surface area contributed by atoms with Crippen LogP contribution in [-0.4, -0.2) is 28.1 Å². The largest absolute Gasteiger partial charge is 0.344 e. The van der Waals surface area contributed by atoms with Crippen LogP contribution in [0.4, 0.5) is 13.9 Å². The second kappa shape index (κ2) is 12.7. The van der Waals surface area contributed by atoms with Crippen molar-refractivity contribution in [2.45, 2.75) is 51.7 Å². The summed E-state index contributed by atoms with van der Waals surface area (Å²) in [6, 6.07) is 9.49. The van der Waals surface area contributed by atoms with Gasteiger partial charge in [0, 0.05) is 17.6 Å². The van der Waals surface area contributed by atoms with E-state index < -0.39 is 29.5 Å². The lowest BCUT2D eigenvalue weighted by Gasteiger charge is -2.17. The van der Waals surface area contributed by atoms with Gasteiger partial charge in [0.2, 0.25) is 16.9 Å². The summed E-state index contributed by atoms with van der Waals surface area (Å²) in [5, 5.41) is 18.5. The van der Waals surface area contributed by atoms with Crippen LogP contribution in [0.3, 0.4) is 0 Å². The van der Waals surface area contributed by atoms with Crippen molar-refractivity contribution in [3.63, 3.8) is 0 Å². The van der Waals surface area contributed by atoms with Gasteiger partial charge in [-0.1, -0.05) is 48.4 Å². The van der Waals surface area contributed by atoms with Gasteiger partial charge in [0.05, 0.1) is 12.5 Å². The van der Waals surface area contributed by atoms with Crippen LogP contribution in [0, 0.1) is 11.6 Å². The van der Waals surface area contributed by atoms with Crippen LogP contribution in [0.5, 0.6) is 0 Å². The summed E-state index contributed by atoms with van der Waals surface area (Å²) in [5.41, 5.74) is 1.21. The van der Waals surface area contributed by atoms with Crippen molar-refractivity contribution in [2.75, 3.05) is 5.32 Å². The summed E-state index contributed by atoms with van der Waals surface area (Å²) >= 11 is 7.25. The van der Waals surface area contributed by atoms with Crippen LogP contribution >= 0.6 is 22.9 Å². The van der Waals surface area contributed by atoms with Crippen LogP contribution in [0.25, 0.3) is 0 Å². The Morgan fingerprint density at radius 3 is 2.51 bits per heavy atom. The maximum absolute atomic E-state index is 13.4. The molecule has 0 saturated heterocycles. The quantitative estimate of drug-likeness (QED) is 0.337. The highest BCUT2D eigenvalue weighted by molar-refractivity contribution is 7.15. The van der Waals surface area contributed by atoms with Crippen LogP contribution in [0.1, 0.15) is 48.9 Å². The molecular weight excluding hydrogens is 496 g/mol. The first kappa shape index (κ1) is 26.7. The summed E-state index contributed by atoms with van der Waals surface area (Å²) in [7, 11) is 0. The van der Waals surface area contributed by atoms with Crippen molar-refractivity contribution in [1.29, 1.82) is 0 Å². The van der Waals surface area contributed by atoms with E-state index in [0.717, 1.165) is 23.8 Å². The average molecular weight is 522 g/mol. The standard InChI is InChI=1S/C24H26ClF2N5O2S/c1-3-5-20(29-21(33)11-16-9-18(26)12-19(27)10-16)22(34)30-24-32-31-23(35-24)14(2)28-13-15-6-4-7-17(25)8-15/h4,6-10,12,14,20,28H,3,5,11,13H2,1-2H3,(H,29,33)(H,30,32,34). The highest BCUT2D eigenvalue weighted by atomic mass is 35.5. The number of benzene rings is 2. The lowest BCUT2D eigenvalue weighted by atomic mass is 10.1. The third-order valence-corrected chi connectivity index (χ3v) is 6.32. The second-order valence-electron chi connectivity index (χ2n) is 8.03. The van der Waals surface area contributed by atoms with E-state index >= 15 is 0 Å². The van der Waals surface area contributed by atoms with E-state index in [1.165, 1.54) is 11.3 Å². The predicted octanol–water partition coefficient (Wildman–Crippen LogP) is 4.79. The number of halogens is 3.